The summed E-state index contributed by atoms with van der Waals surface area (Å²) in [7, 11) is 0. The van der Waals surface area contributed by atoms with Gasteiger partial charge in [0, 0.05) is 24.1 Å². The van der Waals surface area contributed by atoms with Crippen molar-refractivity contribution in [1.82, 2.24) is 5.32 Å². The van der Waals surface area contributed by atoms with Gasteiger partial charge in [-0.2, -0.15) is 0 Å². The predicted octanol–water partition coefficient (Wildman–Crippen LogP) is 4.94. The van der Waals surface area contributed by atoms with Gasteiger partial charge in [0.1, 0.15) is 0 Å². The van der Waals surface area contributed by atoms with Crippen molar-refractivity contribution in [2.75, 3.05) is 0 Å². The quantitative estimate of drug-likeness (QED) is 0.669. The van der Waals surface area contributed by atoms with Crippen LogP contribution in [0.3, 0.4) is 0 Å². The lowest BCUT2D eigenvalue weighted by Crippen LogP contribution is -2.29. The zero-order valence-electron chi connectivity index (χ0n) is 15.9. The molecule has 140 valence electrons. The molecule has 0 aromatic heterocycles. The monoisotopic (exact) mass is 369 g/mol. The molecule has 0 fully saturated rings. The van der Waals surface area contributed by atoms with Gasteiger partial charge in [0.05, 0.1) is 5.57 Å². The Labute approximate surface area is 165 Å². The Bertz CT molecular complexity index is 939. The third-order valence-electron chi connectivity index (χ3n) is 5.18. The maximum Gasteiger partial charge on any atom is 0.195 e. The SMILES string of the molecule is CC(=O)C1=C(NCc2ccccc2)OC(c2ccccc2)(c2ccccc2)C1. The largest absolute Gasteiger partial charge is 0.462 e. The van der Waals surface area contributed by atoms with Crippen molar-refractivity contribution in [2.45, 2.75) is 25.5 Å². The predicted molar refractivity (Wildman–Crippen MR) is 110 cm³/mol. The van der Waals surface area contributed by atoms with Crippen LogP contribution in [-0.4, -0.2) is 5.78 Å². The van der Waals surface area contributed by atoms with E-state index in [0.717, 1.165) is 16.7 Å². The zero-order valence-corrected chi connectivity index (χ0v) is 15.9. The van der Waals surface area contributed by atoms with E-state index < -0.39 is 5.60 Å². The van der Waals surface area contributed by atoms with Crippen molar-refractivity contribution in [2.24, 2.45) is 0 Å². The van der Waals surface area contributed by atoms with Crippen LogP contribution in [0.25, 0.3) is 0 Å². The topological polar surface area (TPSA) is 38.3 Å². The summed E-state index contributed by atoms with van der Waals surface area (Å²) < 4.78 is 6.56. The normalized spacial score (nSPS) is 15.2. The molecule has 0 saturated carbocycles. The number of hydrogen-bond acceptors (Lipinski definition) is 3. The second kappa shape index (κ2) is 7.73. The summed E-state index contributed by atoms with van der Waals surface area (Å²) in [4.78, 5) is 12.4. The lowest BCUT2D eigenvalue weighted by molar-refractivity contribution is -0.113. The van der Waals surface area contributed by atoms with Crippen molar-refractivity contribution in [1.29, 1.82) is 0 Å². The third kappa shape index (κ3) is 3.44. The van der Waals surface area contributed by atoms with Crippen molar-refractivity contribution >= 4 is 5.78 Å². The van der Waals surface area contributed by atoms with E-state index in [1.54, 1.807) is 6.92 Å². The van der Waals surface area contributed by atoms with Gasteiger partial charge in [0.2, 0.25) is 0 Å². The first kappa shape index (κ1) is 18.1. The Kier molecular flexibility index (Phi) is 4.98. The van der Waals surface area contributed by atoms with Crippen molar-refractivity contribution < 1.29 is 9.53 Å². The molecule has 3 heteroatoms. The highest BCUT2D eigenvalue weighted by atomic mass is 16.5. The smallest absolute Gasteiger partial charge is 0.195 e. The highest BCUT2D eigenvalue weighted by Crippen LogP contribution is 2.46. The van der Waals surface area contributed by atoms with E-state index in [2.05, 4.69) is 41.7 Å². The van der Waals surface area contributed by atoms with E-state index in [1.165, 1.54) is 0 Å². The molecule has 28 heavy (non-hydrogen) atoms. The molecule has 0 bridgehead atoms. The molecule has 1 N–H and O–H groups in total. The first-order chi connectivity index (χ1) is 13.7. The maximum absolute atomic E-state index is 12.4. The fraction of sp³-hybridized carbons (Fsp3) is 0.160. The van der Waals surface area contributed by atoms with Crippen LogP contribution in [0.5, 0.6) is 0 Å². The highest BCUT2D eigenvalue weighted by Gasteiger charge is 2.45. The minimum Gasteiger partial charge on any atom is -0.462 e. The second-order valence-corrected chi connectivity index (χ2v) is 7.04. The number of ether oxygens (including phenoxy) is 1. The fourth-order valence-electron chi connectivity index (χ4n) is 3.71. The molecule has 1 aliphatic rings. The Hall–Kier alpha value is -3.33. The number of benzene rings is 3. The number of nitrogens with one attached hydrogen (secondary N) is 1. The van der Waals surface area contributed by atoms with Crippen LogP contribution in [-0.2, 0) is 21.7 Å². The number of carbonyl (C=O) groups excluding carboxylic acids is 1. The Morgan fingerprint density at radius 2 is 1.36 bits per heavy atom. The molecule has 3 nitrogen and oxygen atoms in total. The minimum atomic E-state index is -0.706. The molecule has 3 aromatic carbocycles. The average Bonchev–Trinajstić information content (AvgIpc) is 3.16. The van der Waals surface area contributed by atoms with Gasteiger partial charge in [-0.25, -0.2) is 0 Å². The molecule has 0 saturated heterocycles. The first-order valence-electron chi connectivity index (χ1n) is 9.51. The second-order valence-electron chi connectivity index (χ2n) is 7.04. The van der Waals surface area contributed by atoms with Crippen LogP contribution in [0.15, 0.2) is 102 Å². The molecule has 1 heterocycles. The van der Waals surface area contributed by atoms with Gasteiger partial charge in [-0.15, -0.1) is 0 Å². The van der Waals surface area contributed by atoms with Crippen LogP contribution in [0, 0.1) is 0 Å². The minimum absolute atomic E-state index is 0.0318. The van der Waals surface area contributed by atoms with Gasteiger partial charge in [0.25, 0.3) is 0 Å². The van der Waals surface area contributed by atoms with Crippen LogP contribution >= 0.6 is 0 Å². The molecule has 0 amide bonds. The van der Waals surface area contributed by atoms with Gasteiger partial charge < -0.3 is 10.1 Å². The number of rotatable bonds is 6. The van der Waals surface area contributed by atoms with E-state index in [-0.39, 0.29) is 5.78 Å². The van der Waals surface area contributed by atoms with E-state index in [1.807, 2.05) is 54.6 Å². The van der Waals surface area contributed by atoms with Gasteiger partial charge in [-0.05, 0) is 12.5 Å². The van der Waals surface area contributed by atoms with Crippen LogP contribution in [0.1, 0.15) is 30.0 Å². The molecular formula is C25H23NO2. The zero-order chi connectivity index (χ0) is 19.4. The van der Waals surface area contributed by atoms with E-state index in [9.17, 15) is 4.79 Å². The molecule has 0 spiro atoms. The summed E-state index contributed by atoms with van der Waals surface area (Å²) in [6.07, 6.45) is 0.507. The fourth-order valence-corrected chi connectivity index (χ4v) is 3.71. The summed E-state index contributed by atoms with van der Waals surface area (Å²) in [5.41, 5.74) is 3.21. The molecule has 3 aromatic rings. The van der Waals surface area contributed by atoms with Crippen LogP contribution in [0.4, 0.5) is 0 Å². The molecule has 1 aliphatic heterocycles. The van der Waals surface area contributed by atoms with Crippen LogP contribution < -0.4 is 5.32 Å². The van der Waals surface area contributed by atoms with Crippen molar-refractivity contribution in [3.63, 3.8) is 0 Å². The van der Waals surface area contributed by atoms with Crippen LogP contribution in [0.2, 0.25) is 0 Å². The molecular weight excluding hydrogens is 346 g/mol. The number of Topliss-reactive ketones (excluding diaryl/α,β-unsaturated/α-hetero) is 1. The highest BCUT2D eigenvalue weighted by molar-refractivity contribution is 5.94. The Morgan fingerprint density at radius 3 is 1.86 bits per heavy atom. The summed E-state index contributed by atoms with van der Waals surface area (Å²) in [6, 6.07) is 30.4. The third-order valence-corrected chi connectivity index (χ3v) is 5.18. The lowest BCUT2D eigenvalue weighted by Gasteiger charge is -2.31. The summed E-state index contributed by atoms with van der Waals surface area (Å²) in [6.45, 7) is 2.21. The number of carbonyl (C=O) groups is 1. The maximum atomic E-state index is 12.4. The lowest BCUT2D eigenvalue weighted by atomic mass is 9.82. The molecule has 0 radical (unpaired) electrons. The Morgan fingerprint density at radius 1 is 0.857 bits per heavy atom. The van der Waals surface area contributed by atoms with E-state index in [4.69, 9.17) is 4.74 Å². The summed E-state index contributed by atoms with van der Waals surface area (Å²) in [5, 5.41) is 3.36. The number of ketones is 1. The summed E-state index contributed by atoms with van der Waals surface area (Å²) >= 11 is 0. The molecule has 4 rings (SSSR count). The van der Waals surface area contributed by atoms with Gasteiger partial charge >= 0.3 is 0 Å². The molecule has 0 aliphatic carbocycles. The average molecular weight is 369 g/mol. The van der Waals surface area contributed by atoms with Crippen molar-refractivity contribution in [3.05, 3.63) is 119 Å². The first-order valence-corrected chi connectivity index (χ1v) is 9.51. The van der Waals surface area contributed by atoms with E-state index >= 15 is 0 Å². The summed E-state index contributed by atoms with van der Waals surface area (Å²) in [5.74, 6) is 0.605. The van der Waals surface area contributed by atoms with E-state index in [0.29, 0.717) is 24.4 Å². The van der Waals surface area contributed by atoms with Gasteiger partial charge in [0.15, 0.2) is 17.3 Å². The number of hydrogen-bond donors (Lipinski definition) is 1. The van der Waals surface area contributed by atoms with Gasteiger partial charge in [-0.3, -0.25) is 4.79 Å². The van der Waals surface area contributed by atoms with Crippen molar-refractivity contribution in [3.8, 4) is 0 Å². The Balaban J connectivity index is 1.71. The molecule has 0 atom stereocenters. The molecule has 0 unspecified atom stereocenters. The van der Waals surface area contributed by atoms with Gasteiger partial charge in [-0.1, -0.05) is 91.0 Å². The standard InChI is InChI=1S/C25H23NO2/c1-19(27)23-17-25(21-13-7-3-8-14-21,22-15-9-4-10-16-22)28-24(23)26-18-20-11-5-2-6-12-20/h2-16,26H,17-18H2,1H3.